The second-order valence-corrected chi connectivity index (χ2v) is 6.56. The third kappa shape index (κ3) is 2.56. The molecule has 0 fully saturated rings. The molecule has 0 aliphatic rings. The minimum absolute atomic E-state index is 0.152. The van der Waals surface area contributed by atoms with Crippen LogP contribution in [0.2, 0.25) is 0 Å². The second kappa shape index (κ2) is 5.39. The largest absolute Gasteiger partial charge is 0.321 e. The molecule has 110 valence electrons. The molecule has 0 saturated carbocycles. The average Bonchev–Trinajstić information content (AvgIpc) is 2.92. The standard InChI is InChI=1S/C15H13ClF2N2S/c1-8-3-11(21-9(8)2)7-20-13-5-10(17)4-12(18)15(13)19-14(20)6-16/h3-5H,6-7H2,1-2H3. The Kier molecular flexibility index (Phi) is 3.71. The fourth-order valence-corrected chi connectivity index (χ4v) is 3.61. The van der Waals surface area contributed by atoms with Gasteiger partial charge in [0.05, 0.1) is 17.9 Å². The van der Waals surface area contributed by atoms with Gasteiger partial charge in [0.2, 0.25) is 0 Å². The van der Waals surface area contributed by atoms with Gasteiger partial charge in [-0.15, -0.1) is 22.9 Å². The van der Waals surface area contributed by atoms with E-state index < -0.39 is 11.6 Å². The molecule has 2 aromatic heterocycles. The average molecular weight is 327 g/mol. The third-order valence-electron chi connectivity index (χ3n) is 3.50. The number of thiophene rings is 1. The van der Waals surface area contributed by atoms with Crippen molar-refractivity contribution in [1.29, 1.82) is 0 Å². The van der Waals surface area contributed by atoms with Crippen molar-refractivity contribution in [3.63, 3.8) is 0 Å². The highest BCUT2D eigenvalue weighted by Crippen LogP contribution is 2.26. The zero-order valence-corrected chi connectivity index (χ0v) is 13.2. The number of benzene rings is 1. The second-order valence-electron chi connectivity index (χ2n) is 4.96. The number of aryl methyl sites for hydroxylation is 2. The van der Waals surface area contributed by atoms with Gasteiger partial charge >= 0.3 is 0 Å². The Morgan fingerprint density at radius 1 is 1.24 bits per heavy atom. The zero-order valence-electron chi connectivity index (χ0n) is 11.6. The number of alkyl halides is 1. The monoisotopic (exact) mass is 326 g/mol. The summed E-state index contributed by atoms with van der Waals surface area (Å²) < 4.78 is 29.1. The van der Waals surface area contributed by atoms with Gasteiger partial charge < -0.3 is 4.57 Å². The van der Waals surface area contributed by atoms with Gasteiger partial charge in [-0.25, -0.2) is 13.8 Å². The molecule has 2 heterocycles. The van der Waals surface area contributed by atoms with Crippen molar-refractivity contribution in [3.05, 3.63) is 51.0 Å². The molecule has 0 unspecified atom stereocenters. The van der Waals surface area contributed by atoms with E-state index in [4.69, 9.17) is 11.6 Å². The van der Waals surface area contributed by atoms with Crippen LogP contribution < -0.4 is 0 Å². The van der Waals surface area contributed by atoms with E-state index in [-0.39, 0.29) is 11.4 Å². The maximum Gasteiger partial charge on any atom is 0.153 e. The Labute approximate surface area is 130 Å². The summed E-state index contributed by atoms with van der Waals surface area (Å²) in [6.07, 6.45) is 0. The van der Waals surface area contributed by atoms with E-state index in [1.165, 1.54) is 16.5 Å². The normalized spacial score (nSPS) is 11.5. The lowest BCUT2D eigenvalue weighted by molar-refractivity contribution is 0.590. The van der Waals surface area contributed by atoms with Gasteiger partial charge in [-0.2, -0.15) is 0 Å². The fourth-order valence-electron chi connectivity index (χ4n) is 2.36. The molecule has 0 amide bonds. The molecule has 0 aliphatic heterocycles. The molecule has 2 nitrogen and oxygen atoms in total. The quantitative estimate of drug-likeness (QED) is 0.633. The Morgan fingerprint density at radius 3 is 2.62 bits per heavy atom. The van der Waals surface area contributed by atoms with Gasteiger partial charge in [0.25, 0.3) is 0 Å². The topological polar surface area (TPSA) is 17.8 Å². The molecular weight excluding hydrogens is 314 g/mol. The highest BCUT2D eigenvalue weighted by atomic mass is 35.5. The molecule has 6 heteroatoms. The maximum atomic E-state index is 13.8. The Bertz CT molecular complexity index is 803. The van der Waals surface area contributed by atoms with Gasteiger partial charge in [-0.3, -0.25) is 0 Å². The SMILES string of the molecule is Cc1cc(Cn2c(CCl)nc3c(F)cc(F)cc32)sc1C. The molecule has 0 saturated heterocycles. The number of halogens is 3. The third-order valence-corrected chi connectivity index (χ3v) is 4.88. The Balaban J connectivity index is 2.15. The first-order chi connectivity index (χ1) is 9.99. The lowest BCUT2D eigenvalue weighted by Gasteiger charge is -2.06. The van der Waals surface area contributed by atoms with Gasteiger partial charge in [0.1, 0.15) is 17.2 Å². The number of hydrogen-bond donors (Lipinski definition) is 0. The number of nitrogens with zero attached hydrogens (tertiary/aromatic N) is 2. The predicted octanol–water partition coefficient (Wildman–Crippen LogP) is 4.78. The van der Waals surface area contributed by atoms with E-state index >= 15 is 0 Å². The van der Waals surface area contributed by atoms with Crippen molar-refractivity contribution in [2.75, 3.05) is 0 Å². The van der Waals surface area contributed by atoms with E-state index in [9.17, 15) is 8.78 Å². The molecule has 0 spiro atoms. The van der Waals surface area contributed by atoms with Crippen molar-refractivity contribution in [2.45, 2.75) is 26.3 Å². The lowest BCUT2D eigenvalue weighted by Crippen LogP contribution is -2.02. The summed E-state index contributed by atoms with van der Waals surface area (Å²) >= 11 is 7.57. The van der Waals surface area contributed by atoms with Gasteiger partial charge in [-0.1, -0.05) is 0 Å². The molecule has 0 radical (unpaired) electrons. The minimum atomic E-state index is -0.659. The summed E-state index contributed by atoms with van der Waals surface area (Å²) in [6.45, 7) is 4.61. The molecule has 3 rings (SSSR count). The first-order valence-corrected chi connectivity index (χ1v) is 7.80. The van der Waals surface area contributed by atoms with E-state index in [1.54, 1.807) is 15.9 Å². The molecule has 21 heavy (non-hydrogen) atoms. The van der Waals surface area contributed by atoms with Crippen LogP contribution in [0.3, 0.4) is 0 Å². The van der Waals surface area contributed by atoms with Crippen LogP contribution in [0.25, 0.3) is 11.0 Å². The number of imidazole rings is 1. The van der Waals surface area contributed by atoms with E-state index in [0.717, 1.165) is 10.9 Å². The predicted molar refractivity (Wildman–Crippen MR) is 82.1 cm³/mol. The Morgan fingerprint density at radius 2 is 2.00 bits per heavy atom. The van der Waals surface area contributed by atoms with Crippen molar-refractivity contribution in [3.8, 4) is 0 Å². The molecule has 0 N–H and O–H groups in total. The number of hydrogen-bond acceptors (Lipinski definition) is 2. The van der Waals surface area contributed by atoms with E-state index in [2.05, 4.69) is 18.0 Å². The smallest absolute Gasteiger partial charge is 0.153 e. The maximum absolute atomic E-state index is 13.8. The first-order valence-electron chi connectivity index (χ1n) is 6.45. The molecule has 0 aliphatic carbocycles. The summed E-state index contributed by atoms with van der Waals surface area (Å²) in [6, 6.07) is 4.23. The number of rotatable bonds is 3. The van der Waals surface area contributed by atoms with Crippen molar-refractivity contribution in [2.24, 2.45) is 0 Å². The van der Waals surface area contributed by atoms with Crippen molar-refractivity contribution >= 4 is 34.0 Å². The molecular formula is C15H13ClF2N2S. The lowest BCUT2D eigenvalue weighted by atomic mass is 10.2. The van der Waals surface area contributed by atoms with E-state index in [0.29, 0.717) is 17.9 Å². The molecule has 1 aromatic carbocycles. The van der Waals surface area contributed by atoms with Gasteiger partial charge in [0, 0.05) is 15.8 Å². The summed E-state index contributed by atoms with van der Waals surface area (Å²) in [7, 11) is 0. The number of aromatic nitrogens is 2. The van der Waals surface area contributed by atoms with Crippen LogP contribution in [0.1, 0.15) is 21.1 Å². The van der Waals surface area contributed by atoms with Crippen LogP contribution in [-0.4, -0.2) is 9.55 Å². The van der Waals surface area contributed by atoms with Crippen LogP contribution in [0, 0.1) is 25.5 Å². The van der Waals surface area contributed by atoms with Gasteiger partial charge in [-0.05, 0) is 31.5 Å². The van der Waals surface area contributed by atoms with Crippen LogP contribution >= 0.6 is 22.9 Å². The highest BCUT2D eigenvalue weighted by Gasteiger charge is 2.16. The van der Waals surface area contributed by atoms with Crippen molar-refractivity contribution < 1.29 is 8.78 Å². The summed E-state index contributed by atoms with van der Waals surface area (Å²) in [5, 5.41) is 0. The summed E-state index contributed by atoms with van der Waals surface area (Å²) in [4.78, 5) is 6.54. The fraction of sp³-hybridized carbons (Fsp3) is 0.267. The van der Waals surface area contributed by atoms with Crippen molar-refractivity contribution in [1.82, 2.24) is 9.55 Å². The summed E-state index contributed by atoms with van der Waals surface area (Å²) in [5.41, 5.74) is 1.81. The molecule has 0 atom stereocenters. The Hall–Kier alpha value is -1.46. The number of fused-ring (bicyclic) bond motifs is 1. The van der Waals surface area contributed by atoms with Crippen LogP contribution in [0.15, 0.2) is 18.2 Å². The molecule has 3 aromatic rings. The highest BCUT2D eigenvalue weighted by molar-refractivity contribution is 7.12. The van der Waals surface area contributed by atoms with Gasteiger partial charge in [0.15, 0.2) is 5.82 Å². The van der Waals surface area contributed by atoms with Crippen LogP contribution in [-0.2, 0) is 12.4 Å². The zero-order chi connectivity index (χ0) is 15.1. The van der Waals surface area contributed by atoms with Crippen LogP contribution in [0.5, 0.6) is 0 Å². The summed E-state index contributed by atoms with van der Waals surface area (Å²) in [5.74, 6) is -0.576. The van der Waals surface area contributed by atoms with Crippen LogP contribution in [0.4, 0.5) is 8.78 Å². The van der Waals surface area contributed by atoms with E-state index in [1.807, 2.05) is 6.92 Å². The molecule has 0 bridgehead atoms. The minimum Gasteiger partial charge on any atom is -0.321 e. The first kappa shape index (κ1) is 14.5.